The lowest BCUT2D eigenvalue weighted by molar-refractivity contribution is 0.0730. The molecule has 10 heteroatoms. The van der Waals surface area contributed by atoms with E-state index in [1.165, 1.54) is 10.4 Å². The number of nitrogens with one attached hydrogen (secondary N) is 2. The number of morpholine rings is 1. The molecule has 0 unspecified atom stereocenters. The standard InChI is InChI=1S/C24H22BrN3O5S/c25-21-11-6-18(16-22(21)34(31,32)28-12-14-33-15-13-28)24(30)27-20-9-7-19(8-10-20)26-23(29)17-4-2-1-3-5-17/h1-11,16H,12-15H2,(H,26,29)(H,27,30). The van der Waals surface area contributed by atoms with Crippen LogP contribution < -0.4 is 10.6 Å². The zero-order chi connectivity index (χ0) is 24.1. The highest BCUT2D eigenvalue weighted by molar-refractivity contribution is 9.10. The van der Waals surface area contributed by atoms with Crippen LogP contribution in [0.15, 0.2) is 82.2 Å². The van der Waals surface area contributed by atoms with Crippen molar-refractivity contribution in [3.8, 4) is 0 Å². The molecule has 8 nitrogen and oxygen atoms in total. The van der Waals surface area contributed by atoms with E-state index in [0.717, 1.165) is 0 Å². The highest BCUT2D eigenvalue weighted by Gasteiger charge is 2.29. The molecule has 0 aliphatic carbocycles. The second-order valence-electron chi connectivity index (χ2n) is 7.51. The Morgan fingerprint density at radius 1 is 0.794 bits per heavy atom. The van der Waals surface area contributed by atoms with Crippen molar-refractivity contribution in [2.75, 3.05) is 36.9 Å². The van der Waals surface area contributed by atoms with Crippen molar-refractivity contribution in [2.45, 2.75) is 4.90 Å². The summed E-state index contributed by atoms with van der Waals surface area (Å²) in [4.78, 5) is 25.1. The smallest absolute Gasteiger partial charge is 0.255 e. The van der Waals surface area contributed by atoms with Crippen LogP contribution in [0.3, 0.4) is 0 Å². The SMILES string of the molecule is O=C(Nc1ccc(NC(=O)c2ccc(Br)c(S(=O)(=O)N3CCOCC3)c2)cc1)c1ccccc1. The zero-order valence-electron chi connectivity index (χ0n) is 18.0. The van der Waals surface area contributed by atoms with Crippen molar-refractivity contribution in [1.82, 2.24) is 4.31 Å². The topological polar surface area (TPSA) is 105 Å². The molecule has 3 aromatic carbocycles. The van der Waals surface area contributed by atoms with Gasteiger partial charge < -0.3 is 15.4 Å². The van der Waals surface area contributed by atoms with Gasteiger partial charge in [-0.3, -0.25) is 9.59 Å². The summed E-state index contributed by atoms with van der Waals surface area (Å²) in [6.07, 6.45) is 0. The van der Waals surface area contributed by atoms with Gasteiger partial charge in [0.15, 0.2) is 0 Å². The molecule has 0 saturated carbocycles. The van der Waals surface area contributed by atoms with Gasteiger partial charge in [-0.15, -0.1) is 0 Å². The molecule has 1 heterocycles. The molecule has 176 valence electrons. The average Bonchev–Trinajstić information content (AvgIpc) is 2.86. The van der Waals surface area contributed by atoms with Gasteiger partial charge in [-0.05, 0) is 70.5 Å². The fraction of sp³-hybridized carbons (Fsp3) is 0.167. The number of hydrogen-bond donors (Lipinski definition) is 2. The molecular weight excluding hydrogens is 522 g/mol. The maximum absolute atomic E-state index is 13.0. The minimum absolute atomic E-state index is 0.0287. The lowest BCUT2D eigenvalue weighted by Crippen LogP contribution is -2.40. The van der Waals surface area contributed by atoms with Gasteiger partial charge in [-0.2, -0.15) is 4.31 Å². The first-order chi connectivity index (χ1) is 16.3. The van der Waals surface area contributed by atoms with E-state index in [1.54, 1.807) is 60.7 Å². The van der Waals surface area contributed by atoms with E-state index in [4.69, 9.17) is 4.74 Å². The molecule has 4 rings (SSSR count). The van der Waals surface area contributed by atoms with Crippen LogP contribution in [0.1, 0.15) is 20.7 Å². The molecule has 0 bridgehead atoms. The summed E-state index contributed by atoms with van der Waals surface area (Å²) in [6.45, 7) is 1.19. The quantitative estimate of drug-likeness (QED) is 0.489. The van der Waals surface area contributed by atoms with Crippen LogP contribution in [0.25, 0.3) is 0 Å². The van der Waals surface area contributed by atoms with Gasteiger partial charge in [0.05, 0.1) is 18.1 Å². The third kappa shape index (κ3) is 5.53. The van der Waals surface area contributed by atoms with Crippen LogP contribution in [-0.4, -0.2) is 50.8 Å². The number of hydrogen-bond acceptors (Lipinski definition) is 5. The predicted octanol–water partition coefficient (Wildman–Crippen LogP) is 3.97. The number of nitrogens with zero attached hydrogens (tertiary/aromatic N) is 1. The van der Waals surface area contributed by atoms with E-state index < -0.39 is 15.9 Å². The lowest BCUT2D eigenvalue weighted by atomic mass is 10.2. The number of anilines is 2. The first-order valence-electron chi connectivity index (χ1n) is 10.5. The lowest BCUT2D eigenvalue weighted by Gasteiger charge is -2.26. The Morgan fingerprint density at radius 3 is 1.94 bits per heavy atom. The number of rotatable bonds is 6. The van der Waals surface area contributed by atoms with Crippen LogP contribution in [0, 0.1) is 0 Å². The van der Waals surface area contributed by atoms with E-state index in [9.17, 15) is 18.0 Å². The van der Waals surface area contributed by atoms with Crippen LogP contribution >= 0.6 is 15.9 Å². The molecule has 2 amide bonds. The summed E-state index contributed by atoms with van der Waals surface area (Å²) < 4.78 is 33.1. The van der Waals surface area contributed by atoms with Crippen LogP contribution in [0.2, 0.25) is 0 Å². The number of carbonyl (C=O) groups is 2. The van der Waals surface area contributed by atoms with Crippen molar-refractivity contribution in [1.29, 1.82) is 0 Å². The summed E-state index contributed by atoms with van der Waals surface area (Å²) in [7, 11) is -3.78. The van der Waals surface area contributed by atoms with Gasteiger partial charge >= 0.3 is 0 Å². The first-order valence-corrected chi connectivity index (χ1v) is 12.7. The highest BCUT2D eigenvalue weighted by Crippen LogP contribution is 2.27. The van der Waals surface area contributed by atoms with Gasteiger partial charge in [0.25, 0.3) is 11.8 Å². The number of ether oxygens (including phenoxy) is 1. The maximum Gasteiger partial charge on any atom is 0.255 e. The fourth-order valence-corrected chi connectivity index (χ4v) is 5.76. The van der Waals surface area contributed by atoms with E-state index in [2.05, 4.69) is 26.6 Å². The van der Waals surface area contributed by atoms with Crippen molar-refractivity contribution in [3.05, 3.63) is 88.4 Å². The Hall–Kier alpha value is -3.05. The Bertz CT molecular complexity index is 1290. The molecule has 1 aliphatic rings. The number of carbonyl (C=O) groups excluding carboxylic acids is 2. The fourth-order valence-electron chi connectivity index (χ4n) is 3.40. The molecule has 0 aromatic heterocycles. The van der Waals surface area contributed by atoms with Crippen molar-refractivity contribution in [2.24, 2.45) is 0 Å². The van der Waals surface area contributed by atoms with E-state index in [-0.39, 0.29) is 29.5 Å². The summed E-state index contributed by atoms with van der Waals surface area (Å²) in [6, 6.07) is 20.0. The van der Waals surface area contributed by atoms with E-state index >= 15 is 0 Å². The Morgan fingerprint density at radius 2 is 1.35 bits per heavy atom. The molecule has 3 aromatic rings. The number of benzene rings is 3. The third-order valence-electron chi connectivity index (χ3n) is 5.22. The maximum atomic E-state index is 13.0. The Labute approximate surface area is 206 Å². The molecule has 0 radical (unpaired) electrons. The molecule has 1 fully saturated rings. The van der Waals surface area contributed by atoms with Gasteiger partial charge in [-0.1, -0.05) is 18.2 Å². The summed E-state index contributed by atoms with van der Waals surface area (Å²) >= 11 is 3.29. The number of amides is 2. The predicted molar refractivity (Wildman–Crippen MR) is 133 cm³/mol. The van der Waals surface area contributed by atoms with Gasteiger partial charge in [0.1, 0.15) is 0 Å². The summed E-state index contributed by atoms with van der Waals surface area (Å²) in [5.74, 6) is -0.687. The Balaban J connectivity index is 1.45. The second kappa shape index (κ2) is 10.5. The summed E-state index contributed by atoms with van der Waals surface area (Å²) in [5, 5.41) is 5.55. The highest BCUT2D eigenvalue weighted by atomic mass is 79.9. The minimum atomic E-state index is -3.78. The normalized spacial score (nSPS) is 14.4. The van der Waals surface area contributed by atoms with Gasteiger partial charge in [0, 0.05) is 40.1 Å². The van der Waals surface area contributed by atoms with E-state index in [1.807, 2.05) is 6.07 Å². The first kappa shape index (κ1) is 24.1. The molecule has 34 heavy (non-hydrogen) atoms. The van der Waals surface area contributed by atoms with Crippen molar-refractivity contribution >= 4 is 49.1 Å². The van der Waals surface area contributed by atoms with Gasteiger partial charge in [0.2, 0.25) is 10.0 Å². The second-order valence-corrected chi connectivity index (χ2v) is 10.3. The molecule has 1 saturated heterocycles. The summed E-state index contributed by atoms with van der Waals surface area (Å²) in [5.41, 5.74) is 1.83. The number of halogens is 1. The monoisotopic (exact) mass is 543 g/mol. The van der Waals surface area contributed by atoms with Crippen LogP contribution in [-0.2, 0) is 14.8 Å². The van der Waals surface area contributed by atoms with Gasteiger partial charge in [-0.25, -0.2) is 8.42 Å². The van der Waals surface area contributed by atoms with Crippen LogP contribution in [0.4, 0.5) is 11.4 Å². The van der Waals surface area contributed by atoms with Crippen molar-refractivity contribution < 1.29 is 22.7 Å². The molecule has 0 atom stereocenters. The minimum Gasteiger partial charge on any atom is -0.379 e. The molecule has 2 N–H and O–H groups in total. The average molecular weight is 544 g/mol. The van der Waals surface area contributed by atoms with Crippen molar-refractivity contribution in [3.63, 3.8) is 0 Å². The molecule has 1 aliphatic heterocycles. The van der Waals surface area contributed by atoms with E-state index in [0.29, 0.717) is 34.6 Å². The zero-order valence-corrected chi connectivity index (χ0v) is 20.4. The number of sulfonamides is 1. The largest absolute Gasteiger partial charge is 0.379 e. The molecule has 0 spiro atoms. The third-order valence-corrected chi connectivity index (χ3v) is 8.11. The Kier molecular flexibility index (Phi) is 7.42. The molecular formula is C24H22BrN3O5S. The van der Waals surface area contributed by atoms with Crippen LogP contribution in [0.5, 0.6) is 0 Å².